The highest BCUT2D eigenvalue weighted by Gasteiger charge is 2.37. The van der Waals surface area contributed by atoms with Gasteiger partial charge in [0.1, 0.15) is 5.60 Å². The number of nitrogens with zero attached hydrogens (tertiary/aromatic N) is 5. The van der Waals surface area contributed by atoms with Crippen molar-refractivity contribution in [1.82, 2.24) is 9.97 Å². The smallest absolute Gasteiger partial charge is 0.416 e. The number of carbonyl (C=O) groups is 1. The summed E-state index contributed by atoms with van der Waals surface area (Å²) in [4.78, 5) is 25.9. The monoisotopic (exact) mass is 735 g/mol. The van der Waals surface area contributed by atoms with Crippen LogP contribution in [0.1, 0.15) is 61.9 Å². The van der Waals surface area contributed by atoms with Crippen LogP contribution in [0.5, 0.6) is 0 Å². The molecule has 0 spiro atoms. The van der Waals surface area contributed by atoms with E-state index in [9.17, 15) is 44.3 Å². The van der Waals surface area contributed by atoms with Crippen molar-refractivity contribution in [3.63, 3.8) is 0 Å². The number of anilines is 3. The number of halogens is 9. The van der Waals surface area contributed by atoms with Crippen LogP contribution < -0.4 is 14.7 Å². The number of hydrogen-bond acceptors (Lipinski definition) is 8. The minimum Gasteiger partial charge on any atom is -0.460 e. The van der Waals surface area contributed by atoms with Crippen LogP contribution >= 0.6 is 0 Å². The van der Waals surface area contributed by atoms with Crippen LogP contribution in [0.25, 0.3) is 0 Å². The Morgan fingerprint density at radius 1 is 0.804 bits per heavy atom. The van der Waals surface area contributed by atoms with E-state index in [-0.39, 0.29) is 42.8 Å². The summed E-state index contributed by atoms with van der Waals surface area (Å²) in [5, 5.41) is 0. The summed E-state index contributed by atoms with van der Waals surface area (Å²) in [6.07, 6.45) is -12.3. The van der Waals surface area contributed by atoms with Crippen LogP contribution in [0.4, 0.5) is 56.8 Å². The molecule has 2 heterocycles. The van der Waals surface area contributed by atoms with Crippen molar-refractivity contribution in [2.45, 2.75) is 71.3 Å². The number of carbonyl (C=O) groups excluding carboxylic acids is 1. The minimum atomic E-state index is -5.12. The van der Waals surface area contributed by atoms with E-state index in [1.54, 1.807) is 32.6 Å². The molecule has 0 N–H and O–H groups in total. The normalized spacial score (nSPS) is 14.4. The van der Waals surface area contributed by atoms with E-state index in [0.717, 1.165) is 12.1 Å². The van der Waals surface area contributed by atoms with E-state index in [1.807, 2.05) is 4.90 Å². The Bertz CT molecular complexity index is 1600. The molecule has 1 saturated heterocycles. The topological polar surface area (TPSA) is 71.0 Å². The maximum atomic E-state index is 14.0. The number of aromatic nitrogens is 2. The summed E-state index contributed by atoms with van der Waals surface area (Å²) in [7, 11) is 0. The summed E-state index contributed by atoms with van der Waals surface area (Å²) < 4.78 is 135. The summed E-state index contributed by atoms with van der Waals surface area (Å²) in [5.74, 6) is -0.701. The van der Waals surface area contributed by atoms with Crippen LogP contribution in [-0.4, -0.2) is 60.9 Å². The fourth-order valence-electron chi connectivity index (χ4n) is 5.46. The molecule has 3 aromatic rings. The predicted octanol–water partition coefficient (Wildman–Crippen LogP) is 8.13. The third-order valence-corrected chi connectivity index (χ3v) is 7.80. The number of rotatable bonds is 11. The van der Waals surface area contributed by atoms with Crippen molar-refractivity contribution in [2.75, 3.05) is 54.1 Å². The summed E-state index contributed by atoms with van der Waals surface area (Å²) >= 11 is 0. The lowest BCUT2D eigenvalue weighted by molar-refractivity contribution is -0.154. The molecule has 1 aliphatic rings. The third-order valence-electron chi connectivity index (χ3n) is 7.80. The molecule has 0 bridgehead atoms. The van der Waals surface area contributed by atoms with Gasteiger partial charge in [-0.2, -0.15) is 39.5 Å². The highest BCUT2D eigenvalue weighted by atomic mass is 19.4. The summed E-state index contributed by atoms with van der Waals surface area (Å²) in [6, 6.07) is 4.02. The molecule has 1 aromatic heterocycles. The van der Waals surface area contributed by atoms with Gasteiger partial charge in [-0.3, -0.25) is 4.79 Å². The number of benzene rings is 2. The molecule has 0 saturated carbocycles. The van der Waals surface area contributed by atoms with E-state index in [1.165, 1.54) is 23.4 Å². The number of ether oxygens (including phenoxy) is 2. The minimum absolute atomic E-state index is 0.00380. The van der Waals surface area contributed by atoms with Gasteiger partial charge < -0.3 is 24.2 Å². The van der Waals surface area contributed by atoms with Crippen LogP contribution in [0, 0.1) is 0 Å². The lowest BCUT2D eigenvalue weighted by atomic mass is 10.0. The Balaban J connectivity index is 1.80. The summed E-state index contributed by atoms with van der Waals surface area (Å²) in [5.41, 5.74) is -4.50. The van der Waals surface area contributed by atoms with Gasteiger partial charge in [0.05, 0.1) is 54.4 Å². The zero-order valence-corrected chi connectivity index (χ0v) is 28.3. The SMILES string of the molecule is CCN(CCC(=O)OC(C)(C)C)c1ccc(C(F)(F)F)cc1CN(Cc1cc(C(F)(F)F)cc(C(F)(F)F)c1)c1ncc(N2CCOCC2)cn1. The van der Waals surface area contributed by atoms with Gasteiger partial charge in [0, 0.05) is 45.0 Å². The quantitative estimate of drug-likeness (QED) is 0.145. The first-order valence-corrected chi connectivity index (χ1v) is 16.0. The largest absolute Gasteiger partial charge is 0.460 e. The summed E-state index contributed by atoms with van der Waals surface area (Å²) in [6.45, 7) is 7.83. The van der Waals surface area contributed by atoms with Crippen molar-refractivity contribution < 1.29 is 53.8 Å². The van der Waals surface area contributed by atoms with Gasteiger partial charge in [0.2, 0.25) is 5.95 Å². The van der Waals surface area contributed by atoms with E-state index in [4.69, 9.17) is 9.47 Å². The van der Waals surface area contributed by atoms with Crippen molar-refractivity contribution in [2.24, 2.45) is 0 Å². The van der Waals surface area contributed by atoms with Crippen LogP contribution in [0.15, 0.2) is 48.8 Å². The average Bonchev–Trinajstić information content (AvgIpc) is 3.03. The van der Waals surface area contributed by atoms with Crippen LogP contribution in [0.3, 0.4) is 0 Å². The molecular weight excluding hydrogens is 697 g/mol. The Hall–Kier alpha value is -4.28. The van der Waals surface area contributed by atoms with Crippen LogP contribution in [-0.2, 0) is 45.9 Å². The molecule has 0 atom stereocenters. The molecule has 17 heteroatoms. The molecule has 51 heavy (non-hydrogen) atoms. The Kier molecular flexibility index (Phi) is 12.0. The van der Waals surface area contributed by atoms with Gasteiger partial charge in [-0.1, -0.05) is 0 Å². The molecule has 8 nitrogen and oxygen atoms in total. The lowest BCUT2D eigenvalue weighted by Gasteiger charge is -2.31. The third kappa shape index (κ3) is 11.1. The highest BCUT2D eigenvalue weighted by Crippen LogP contribution is 2.38. The van der Waals surface area contributed by atoms with Gasteiger partial charge in [0.15, 0.2) is 0 Å². The molecule has 1 aliphatic heterocycles. The first kappa shape index (κ1) is 39.5. The lowest BCUT2D eigenvalue weighted by Crippen LogP contribution is -2.36. The van der Waals surface area contributed by atoms with Gasteiger partial charge in [0.25, 0.3) is 0 Å². The number of alkyl halides is 9. The highest BCUT2D eigenvalue weighted by molar-refractivity contribution is 5.71. The second kappa shape index (κ2) is 15.5. The first-order valence-electron chi connectivity index (χ1n) is 16.0. The van der Waals surface area contributed by atoms with E-state index in [0.29, 0.717) is 44.1 Å². The Labute approximate surface area is 289 Å². The van der Waals surface area contributed by atoms with Crippen molar-refractivity contribution in [3.05, 3.63) is 76.6 Å². The van der Waals surface area contributed by atoms with E-state index in [2.05, 4.69) is 9.97 Å². The maximum absolute atomic E-state index is 14.0. The first-order chi connectivity index (χ1) is 23.6. The van der Waals surface area contributed by atoms with Crippen LogP contribution in [0.2, 0.25) is 0 Å². The van der Waals surface area contributed by atoms with Gasteiger partial charge in [-0.15, -0.1) is 0 Å². The average molecular weight is 736 g/mol. The predicted molar refractivity (Wildman–Crippen MR) is 171 cm³/mol. The second-order valence-corrected chi connectivity index (χ2v) is 12.9. The van der Waals surface area contributed by atoms with E-state index < -0.39 is 65.4 Å². The number of morpholine rings is 1. The molecule has 0 aliphatic carbocycles. The molecule has 2 aromatic carbocycles. The molecule has 1 fully saturated rings. The number of hydrogen-bond donors (Lipinski definition) is 0. The Morgan fingerprint density at radius 2 is 1.37 bits per heavy atom. The van der Waals surface area contributed by atoms with Crippen molar-refractivity contribution in [1.29, 1.82) is 0 Å². The molecule has 0 radical (unpaired) electrons. The zero-order valence-electron chi connectivity index (χ0n) is 28.3. The van der Waals surface area contributed by atoms with E-state index >= 15 is 0 Å². The zero-order chi connectivity index (χ0) is 37.8. The Morgan fingerprint density at radius 3 is 1.88 bits per heavy atom. The molecule has 4 rings (SSSR count). The second-order valence-electron chi connectivity index (χ2n) is 12.9. The molecule has 0 amide bonds. The van der Waals surface area contributed by atoms with Crippen molar-refractivity contribution >= 4 is 23.3 Å². The molecule has 0 unspecified atom stereocenters. The number of esters is 1. The molecule has 280 valence electrons. The molecular formula is C34H38F9N5O3. The van der Waals surface area contributed by atoms with Gasteiger partial charge in [-0.05, 0) is 75.2 Å². The maximum Gasteiger partial charge on any atom is 0.416 e. The van der Waals surface area contributed by atoms with Crippen molar-refractivity contribution in [3.8, 4) is 0 Å². The van der Waals surface area contributed by atoms with Gasteiger partial charge >= 0.3 is 24.5 Å². The standard InChI is InChI=1S/C34H38F9N5O3/c1-5-46(9-8-29(49)51-31(2,3)4)28-7-6-24(32(35,36)37)16-23(28)21-48(30-44-18-27(19-45-30)47-10-12-50-13-11-47)20-22-14-25(33(38,39)40)17-26(15-22)34(41,42)43/h6-7,14-19H,5,8-13,20-21H2,1-4H3. The fourth-order valence-corrected chi connectivity index (χ4v) is 5.46. The van der Waals surface area contributed by atoms with Gasteiger partial charge in [-0.25, -0.2) is 9.97 Å². The fraction of sp³-hybridized carbons (Fsp3) is 0.500.